The van der Waals surface area contributed by atoms with Crippen molar-refractivity contribution in [2.24, 2.45) is 23.7 Å². The van der Waals surface area contributed by atoms with E-state index in [1.807, 2.05) is 0 Å². The molecule has 22 heavy (non-hydrogen) atoms. The Morgan fingerprint density at radius 1 is 0.955 bits per heavy atom. The van der Waals surface area contributed by atoms with Crippen molar-refractivity contribution >= 4 is 0 Å². The van der Waals surface area contributed by atoms with Crippen molar-refractivity contribution in [1.82, 2.24) is 4.90 Å². The van der Waals surface area contributed by atoms with Crippen LogP contribution in [-0.2, 0) is 21.7 Å². The molecule has 1 aliphatic rings. The molecule has 0 aromatic carbocycles. The van der Waals surface area contributed by atoms with Crippen LogP contribution >= 0.6 is 0 Å². The quantitative estimate of drug-likeness (QED) is 0.403. The first-order chi connectivity index (χ1) is 8.75. The number of rotatable bonds is 6. The molecule has 0 aromatic heterocycles. The van der Waals surface area contributed by atoms with E-state index in [-0.39, 0.29) is 46.5 Å². The van der Waals surface area contributed by atoms with Crippen molar-refractivity contribution in [2.45, 2.75) is 48.0 Å². The summed E-state index contributed by atoms with van der Waals surface area (Å²) in [6.45, 7) is 15.1. The van der Waals surface area contributed by atoms with Gasteiger partial charge in [-0.05, 0) is 27.1 Å². The first-order valence-corrected chi connectivity index (χ1v) is 7.77. The fraction of sp³-hybridized carbons (Fsp3) is 0.778. The van der Waals surface area contributed by atoms with Crippen molar-refractivity contribution in [3.63, 3.8) is 0 Å². The summed E-state index contributed by atoms with van der Waals surface area (Å²) in [6.07, 6.45) is 5.01. The molecular weight excluding hydrogens is 349 g/mol. The van der Waals surface area contributed by atoms with Crippen LogP contribution in [0.3, 0.4) is 0 Å². The Kier molecular flexibility index (Phi) is 15.2. The Morgan fingerprint density at radius 2 is 1.45 bits per heavy atom. The molecule has 0 saturated carbocycles. The van der Waals surface area contributed by atoms with Crippen LogP contribution in [0.15, 0.2) is 16.7 Å². The Hall–Kier alpha value is 0.734. The van der Waals surface area contributed by atoms with E-state index in [1.54, 1.807) is 11.1 Å². The van der Waals surface area contributed by atoms with Crippen LogP contribution in [0.5, 0.6) is 0 Å². The maximum atomic E-state index is 3.82. The summed E-state index contributed by atoms with van der Waals surface area (Å²) in [5.41, 5.74) is 4.75. The zero-order valence-electron chi connectivity index (χ0n) is 15.4. The number of nitrogens with zero attached hydrogens (tertiary/aromatic N) is 1. The van der Waals surface area contributed by atoms with Gasteiger partial charge in [-0.25, -0.2) is 5.57 Å². The topological polar surface area (TPSA) is 3.24 Å². The van der Waals surface area contributed by atoms with E-state index in [2.05, 4.69) is 66.6 Å². The maximum absolute atomic E-state index is 3.82. The molecular formula is C18H32Cl2NTi. The zero-order valence-corrected chi connectivity index (χ0v) is 18.5. The van der Waals surface area contributed by atoms with E-state index in [9.17, 15) is 0 Å². The SMILES string of the molecule is CC(C)C1=[C-]C(C(C)C)C(CCN(C)C)=C1C(C)C.[Cl-].[Cl-].[Ti+3]. The Balaban J connectivity index is -0.00000120. The Bertz CT molecular complexity index is 371. The molecule has 0 bridgehead atoms. The molecule has 1 aliphatic carbocycles. The minimum absolute atomic E-state index is 0. The number of allylic oxidation sites excluding steroid dienone is 3. The fourth-order valence-electron chi connectivity index (χ4n) is 3.04. The standard InChI is InChI=1S/C18H32N.2ClH.Ti/c1-12(2)16-11-17(13(3)4)18(14(5)6)15(16)9-10-19(7)8;;;/h12-14,16H,9-10H2,1-8H3;2*1H;/q-1;;;+3/p-2. The van der Waals surface area contributed by atoms with Gasteiger partial charge in [-0.15, -0.1) is 0 Å². The van der Waals surface area contributed by atoms with Gasteiger partial charge >= 0.3 is 21.7 Å². The summed E-state index contributed by atoms with van der Waals surface area (Å²) in [5, 5.41) is 0. The van der Waals surface area contributed by atoms with Gasteiger partial charge in [-0.2, -0.15) is 11.1 Å². The molecule has 0 saturated heterocycles. The number of hydrogen-bond acceptors (Lipinski definition) is 1. The monoisotopic (exact) mass is 380 g/mol. The summed E-state index contributed by atoms with van der Waals surface area (Å²) in [5.74, 6) is 2.40. The van der Waals surface area contributed by atoms with Gasteiger partial charge in [0.2, 0.25) is 0 Å². The summed E-state index contributed by atoms with van der Waals surface area (Å²) in [7, 11) is 4.32. The zero-order chi connectivity index (χ0) is 14.7. The second kappa shape index (κ2) is 12.1. The molecule has 0 spiro atoms. The second-order valence-corrected chi connectivity index (χ2v) is 7.08. The predicted octanol–water partition coefficient (Wildman–Crippen LogP) is -1.43. The predicted molar refractivity (Wildman–Crippen MR) is 85.0 cm³/mol. The number of hydrogen-bond donors (Lipinski definition) is 0. The molecule has 0 fully saturated rings. The van der Waals surface area contributed by atoms with Crippen LogP contribution in [0.25, 0.3) is 0 Å². The number of halogens is 2. The minimum Gasteiger partial charge on any atom is -1.00 e. The van der Waals surface area contributed by atoms with Crippen LogP contribution in [-0.4, -0.2) is 25.5 Å². The molecule has 1 atom stereocenters. The molecule has 1 unspecified atom stereocenters. The average molecular weight is 381 g/mol. The molecule has 0 heterocycles. The van der Waals surface area contributed by atoms with Crippen molar-refractivity contribution in [3.8, 4) is 0 Å². The molecule has 1 nitrogen and oxygen atoms in total. The molecule has 4 heteroatoms. The normalized spacial score (nSPS) is 17.6. The van der Waals surface area contributed by atoms with Crippen molar-refractivity contribution in [2.75, 3.05) is 20.6 Å². The van der Waals surface area contributed by atoms with E-state index in [0.29, 0.717) is 23.7 Å². The third-order valence-electron chi connectivity index (χ3n) is 3.97. The molecule has 0 aliphatic heterocycles. The van der Waals surface area contributed by atoms with Gasteiger partial charge in [0.15, 0.2) is 0 Å². The average Bonchev–Trinajstić information content (AvgIpc) is 2.65. The third kappa shape index (κ3) is 7.10. The molecule has 127 valence electrons. The first kappa shape index (κ1) is 27.6. The van der Waals surface area contributed by atoms with Crippen molar-refractivity contribution < 1.29 is 46.5 Å². The molecule has 0 aromatic rings. The smallest absolute Gasteiger partial charge is 1.00 e. The third-order valence-corrected chi connectivity index (χ3v) is 3.97. The second-order valence-electron chi connectivity index (χ2n) is 7.08. The minimum atomic E-state index is 0. The van der Waals surface area contributed by atoms with E-state index in [1.165, 1.54) is 12.0 Å². The van der Waals surface area contributed by atoms with Gasteiger partial charge in [-0.1, -0.05) is 65.2 Å². The summed E-state index contributed by atoms with van der Waals surface area (Å²) in [6, 6.07) is 0. The Morgan fingerprint density at radius 3 is 1.77 bits per heavy atom. The first-order valence-electron chi connectivity index (χ1n) is 7.77. The maximum Gasteiger partial charge on any atom is 3.00 e. The fourth-order valence-corrected chi connectivity index (χ4v) is 3.04. The van der Waals surface area contributed by atoms with Crippen LogP contribution in [0.2, 0.25) is 0 Å². The Labute approximate surface area is 166 Å². The molecule has 1 rings (SSSR count). The van der Waals surface area contributed by atoms with Gasteiger partial charge < -0.3 is 29.7 Å². The van der Waals surface area contributed by atoms with Crippen LogP contribution in [0, 0.1) is 29.7 Å². The van der Waals surface area contributed by atoms with Gasteiger partial charge in [0.05, 0.1) is 0 Å². The van der Waals surface area contributed by atoms with Gasteiger partial charge in [0, 0.05) is 0 Å². The van der Waals surface area contributed by atoms with E-state index in [4.69, 9.17) is 0 Å². The molecule has 0 amide bonds. The van der Waals surface area contributed by atoms with E-state index >= 15 is 0 Å². The van der Waals surface area contributed by atoms with Crippen molar-refractivity contribution in [1.29, 1.82) is 0 Å². The summed E-state index contributed by atoms with van der Waals surface area (Å²) in [4.78, 5) is 2.29. The van der Waals surface area contributed by atoms with Gasteiger partial charge in [0.1, 0.15) is 0 Å². The summed E-state index contributed by atoms with van der Waals surface area (Å²) >= 11 is 0. The van der Waals surface area contributed by atoms with Crippen LogP contribution in [0.1, 0.15) is 48.0 Å². The van der Waals surface area contributed by atoms with Crippen molar-refractivity contribution in [3.05, 3.63) is 22.8 Å². The largest absolute Gasteiger partial charge is 3.00 e. The van der Waals surface area contributed by atoms with Crippen LogP contribution < -0.4 is 24.8 Å². The van der Waals surface area contributed by atoms with Gasteiger partial charge in [-0.3, -0.25) is 6.08 Å². The van der Waals surface area contributed by atoms with E-state index in [0.717, 1.165) is 6.54 Å². The summed E-state index contributed by atoms with van der Waals surface area (Å²) < 4.78 is 0. The van der Waals surface area contributed by atoms with Crippen LogP contribution in [0.4, 0.5) is 0 Å². The molecule has 1 radical (unpaired) electrons. The molecule has 0 N–H and O–H groups in total. The van der Waals surface area contributed by atoms with Gasteiger partial charge in [0.25, 0.3) is 0 Å². The van der Waals surface area contributed by atoms with E-state index < -0.39 is 0 Å².